The quantitative estimate of drug-likeness (QED) is 0.716. The van der Waals surface area contributed by atoms with E-state index in [1.54, 1.807) is 35.4 Å². The first-order valence-corrected chi connectivity index (χ1v) is 10.4. The lowest BCUT2D eigenvalue weighted by Gasteiger charge is -2.25. The Hall–Kier alpha value is -2.41. The zero-order valence-corrected chi connectivity index (χ0v) is 17.2. The summed E-state index contributed by atoms with van der Waals surface area (Å²) in [6.07, 6.45) is 5.95. The standard InChI is InChI=1S/C21H24FN3O2S/c1-5-8-21(9-10-21)28(27)25-13-24(17-7-6-14(2)11-16(17)22)19-15(3)20(26)23(4)12-18(19)25/h5-7,11-12H,1,8-10,13H2,2-4H3. The van der Waals surface area contributed by atoms with Crippen molar-refractivity contribution < 1.29 is 8.60 Å². The number of halogens is 1. The van der Waals surface area contributed by atoms with Gasteiger partial charge in [0.25, 0.3) is 5.56 Å². The molecule has 28 heavy (non-hydrogen) atoms. The van der Waals surface area contributed by atoms with Crippen LogP contribution in [0.15, 0.2) is 41.8 Å². The number of benzene rings is 1. The summed E-state index contributed by atoms with van der Waals surface area (Å²) in [5.41, 5.74) is 2.92. The van der Waals surface area contributed by atoms with Gasteiger partial charge in [0.05, 0.1) is 21.8 Å². The Bertz CT molecular complexity index is 1060. The zero-order valence-electron chi connectivity index (χ0n) is 16.4. The van der Waals surface area contributed by atoms with Crippen LogP contribution in [0.2, 0.25) is 0 Å². The first-order valence-electron chi connectivity index (χ1n) is 9.33. The maximum absolute atomic E-state index is 14.8. The van der Waals surface area contributed by atoms with E-state index in [0.717, 1.165) is 18.4 Å². The SMILES string of the molecule is C=CCC1(S(=O)N2CN(c3ccc(C)cc3F)c3c2cn(C)c(=O)c3C)CC1. The van der Waals surface area contributed by atoms with Gasteiger partial charge in [-0.05, 0) is 50.8 Å². The number of hydrogen-bond donors (Lipinski definition) is 0. The lowest BCUT2D eigenvalue weighted by molar-refractivity contribution is 0.624. The van der Waals surface area contributed by atoms with Gasteiger partial charge in [-0.1, -0.05) is 12.1 Å². The molecule has 0 amide bonds. The van der Waals surface area contributed by atoms with Crippen LogP contribution in [0.1, 0.15) is 30.4 Å². The van der Waals surface area contributed by atoms with Gasteiger partial charge in [0.15, 0.2) is 0 Å². The van der Waals surface area contributed by atoms with Crippen LogP contribution in [0.4, 0.5) is 21.5 Å². The smallest absolute Gasteiger partial charge is 0.255 e. The van der Waals surface area contributed by atoms with E-state index in [1.165, 1.54) is 10.6 Å². The largest absolute Gasteiger partial charge is 0.317 e. The van der Waals surface area contributed by atoms with Crippen LogP contribution in [0.5, 0.6) is 0 Å². The van der Waals surface area contributed by atoms with Gasteiger partial charge in [-0.2, -0.15) is 0 Å². The summed E-state index contributed by atoms with van der Waals surface area (Å²) >= 11 is 0. The number of pyridine rings is 1. The van der Waals surface area contributed by atoms with Crippen molar-refractivity contribution in [2.24, 2.45) is 7.05 Å². The number of aromatic nitrogens is 1. The first-order chi connectivity index (χ1) is 13.3. The monoisotopic (exact) mass is 401 g/mol. The maximum atomic E-state index is 14.8. The summed E-state index contributed by atoms with van der Waals surface area (Å²) in [6, 6.07) is 5.04. The van der Waals surface area contributed by atoms with Gasteiger partial charge in [-0.25, -0.2) is 8.60 Å². The highest BCUT2D eigenvalue weighted by Gasteiger charge is 2.52. The van der Waals surface area contributed by atoms with E-state index < -0.39 is 11.0 Å². The molecule has 5 nitrogen and oxygen atoms in total. The minimum Gasteiger partial charge on any atom is -0.317 e. The summed E-state index contributed by atoms with van der Waals surface area (Å²) in [5, 5.41) is 0. The van der Waals surface area contributed by atoms with Crippen LogP contribution in [0.3, 0.4) is 0 Å². The molecule has 1 aromatic carbocycles. The van der Waals surface area contributed by atoms with Crippen molar-refractivity contribution in [1.82, 2.24) is 4.57 Å². The average molecular weight is 402 g/mol. The maximum Gasteiger partial charge on any atom is 0.255 e. The van der Waals surface area contributed by atoms with Crippen molar-refractivity contribution in [1.29, 1.82) is 0 Å². The topological polar surface area (TPSA) is 45.6 Å². The normalized spacial score (nSPS) is 18.1. The van der Waals surface area contributed by atoms with Crippen LogP contribution in [0.25, 0.3) is 0 Å². The number of fused-ring (bicyclic) bond motifs is 1. The molecule has 0 bridgehead atoms. The van der Waals surface area contributed by atoms with Gasteiger partial charge in [0.2, 0.25) is 0 Å². The van der Waals surface area contributed by atoms with Crippen molar-refractivity contribution in [3.05, 3.63) is 64.3 Å². The molecule has 0 saturated heterocycles. The van der Waals surface area contributed by atoms with Crippen molar-refractivity contribution >= 4 is 28.0 Å². The Balaban J connectivity index is 1.86. The minimum absolute atomic E-state index is 0.142. The second kappa shape index (κ2) is 6.58. The number of hydrogen-bond acceptors (Lipinski definition) is 3. The Kier molecular flexibility index (Phi) is 4.45. The van der Waals surface area contributed by atoms with E-state index in [9.17, 15) is 13.4 Å². The molecule has 0 N–H and O–H groups in total. The molecule has 2 aliphatic rings. The fourth-order valence-electron chi connectivity index (χ4n) is 3.92. The molecule has 1 unspecified atom stereocenters. The molecule has 0 radical (unpaired) electrons. The molecular formula is C21H24FN3O2S. The lowest BCUT2D eigenvalue weighted by atomic mass is 10.1. The van der Waals surface area contributed by atoms with E-state index in [0.29, 0.717) is 29.0 Å². The van der Waals surface area contributed by atoms with Crippen LogP contribution >= 0.6 is 0 Å². The molecule has 7 heteroatoms. The van der Waals surface area contributed by atoms with E-state index in [-0.39, 0.29) is 22.8 Å². The van der Waals surface area contributed by atoms with Crippen molar-refractivity contribution in [2.45, 2.75) is 37.9 Å². The Morgan fingerprint density at radius 1 is 1.29 bits per heavy atom. The fraction of sp³-hybridized carbons (Fsp3) is 0.381. The summed E-state index contributed by atoms with van der Waals surface area (Å²) < 4.78 is 31.3. The number of aryl methyl sites for hydroxylation is 2. The predicted octanol–water partition coefficient (Wildman–Crippen LogP) is 3.83. The molecule has 1 aliphatic heterocycles. The summed E-state index contributed by atoms with van der Waals surface area (Å²) in [5.74, 6) is -0.356. The highest BCUT2D eigenvalue weighted by atomic mass is 32.2. The fourth-order valence-corrected chi connectivity index (χ4v) is 5.63. The Morgan fingerprint density at radius 2 is 2.00 bits per heavy atom. The third kappa shape index (κ3) is 2.80. The van der Waals surface area contributed by atoms with Gasteiger partial charge in [-0.15, -0.1) is 6.58 Å². The Labute approximate surface area is 166 Å². The van der Waals surface area contributed by atoms with E-state index >= 15 is 0 Å². The van der Waals surface area contributed by atoms with Gasteiger partial charge in [0, 0.05) is 18.8 Å². The van der Waals surface area contributed by atoms with E-state index in [2.05, 4.69) is 6.58 Å². The van der Waals surface area contributed by atoms with Gasteiger partial charge in [0.1, 0.15) is 23.5 Å². The van der Waals surface area contributed by atoms with Crippen molar-refractivity contribution in [3.8, 4) is 0 Å². The number of allylic oxidation sites excluding steroid dienone is 1. The molecule has 148 valence electrons. The molecule has 2 aromatic rings. The van der Waals surface area contributed by atoms with Crippen molar-refractivity contribution in [3.63, 3.8) is 0 Å². The van der Waals surface area contributed by atoms with Crippen LogP contribution in [-0.4, -0.2) is 20.2 Å². The molecule has 1 fully saturated rings. The van der Waals surface area contributed by atoms with Gasteiger partial charge < -0.3 is 9.47 Å². The predicted molar refractivity (Wildman–Crippen MR) is 112 cm³/mol. The van der Waals surface area contributed by atoms with Crippen molar-refractivity contribution in [2.75, 3.05) is 15.9 Å². The van der Waals surface area contributed by atoms with Gasteiger partial charge >= 0.3 is 0 Å². The molecule has 2 heterocycles. The van der Waals surface area contributed by atoms with Crippen LogP contribution < -0.4 is 14.8 Å². The second-order valence-electron chi connectivity index (χ2n) is 7.73. The molecule has 0 spiro atoms. The molecule has 1 atom stereocenters. The summed E-state index contributed by atoms with van der Waals surface area (Å²) in [7, 11) is 0.381. The van der Waals surface area contributed by atoms with Crippen LogP contribution in [-0.2, 0) is 18.0 Å². The summed E-state index contributed by atoms with van der Waals surface area (Å²) in [4.78, 5) is 14.3. The van der Waals surface area contributed by atoms with Crippen LogP contribution in [0, 0.1) is 19.7 Å². The Morgan fingerprint density at radius 3 is 2.61 bits per heavy atom. The number of nitrogens with zero attached hydrogens (tertiary/aromatic N) is 3. The third-order valence-electron chi connectivity index (χ3n) is 5.65. The highest BCUT2D eigenvalue weighted by Crippen LogP contribution is 2.51. The summed E-state index contributed by atoms with van der Waals surface area (Å²) in [6.45, 7) is 7.62. The number of anilines is 3. The zero-order chi connectivity index (χ0) is 20.2. The third-order valence-corrected chi connectivity index (χ3v) is 7.68. The molecule has 1 aromatic heterocycles. The highest BCUT2D eigenvalue weighted by molar-refractivity contribution is 7.88. The van der Waals surface area contributed by atoms with E-state index in [4.69, 9.17) is 0 Å². The molecule has 1 saturated carbocycles. The lowest BCUT2D eigenvalue weighted by Crippen LogP contribution is -2.36. The molecule has 1 aliphatic carbocycles. The first kappa shape index (κ1) is 18.9. The van der Waals surface area contributed by atoms with Gasteiger partial charge in [-0.3, -0.25) is 9.10 Å². The second-order valence-corrected chi connectivity index (χ2v) is 9.54. The molecule has 4 rings (SSSR count). The molecular weight excluding hydrogens is 377 g/mol. The number of rotatable bonds is 5. The van der Waals surface area contributed by atoms with E-state index in [1.807, 2.05) is 19.1 Å². The average Bonchev–Trinajstić information content (AvgIpc) is 3.34. The minimum atomic E-state index is -1.30.